The minimum atomic E-state index is -0.728. The summed E-state index contributed by atoms with van der Waals surface area (Å²) in [5.74, 6) is 0.816. The minimum absolute atomic E-state index is 0.0618. The fraction of sp³-hybridized carbons (Fsp3) is 0.407. The van der Waals surface area contributed by atoms with Crippen LogP contribution in [0.2, 0.25) is 0 Å². The Balaban J connectivity index is 1.65. The molecule has 0 saturated heterocycles. The van der Waals surface area contributed by atoms with E-state index in [9.17, 15) is 9.18 Å². The number of nitrogens with one attached hydrogen (secondary N) is 4. The molecule has 1 aromatic carbocycles. The molecule has 190 valence electrons. The number of amides is 1. The summed E-state index contributed by atoms with van der Waals surface area (Å²) in [6, 6.07) is 11.6. The highest BCUT2D eigenvalue weighted by Gasteiger charge is 2.27. The number of carbonyl (C=O) groups excluding carboxylic acids is 1. The fourth-order valence-corrected chi connectivity index (χ4v) is 4.24. The van der Waals surface area contributed by atoms with Crippen LogP contribution < -0.4 is 21.3 Å². The number of nitrogens with zero attached hydrogens (tertiary/aromatic N) is 3. The van der Waals surface area contributed by atoms with Crippen LogP contribution in [0.25, 0.3) is 0 Å². The Kier molecular flexibility index (Phi) is 7.21. The number of benzene rings is 1. The molecule has 0 atom stereocenters. The standard InChI is InChI=1S/C27H34FN7O/c1-6-30-24(36)19-14-31-25(32-18-10-11-20-17(12-18)13-29-16-27(20,4)5)35-23(19)34-22-9-7-8-21(33-22)26(2,3)15-28/h7-12,14,29H,6,13,15-16H2,1-5H3,(H,30,36)(H2,31,32,33,34,35). The average Bonchev–Trinajstić information content (AvgIpc) is 2.84. The third kappa shape index (κ3) is 5.46. The molecule has 0 aliphatic carbocycles. The van der Waals surface area contributed by atoms with Crippen molar-refractivity contribution in [1.29, 1.82) is 0 Å². The number of anilines is 4. The molecule has 36 heavy (non-hydrogen) atoms. The van der Waals surface area contributed by atoms with Crippen molar-refractivity contribution in [2.45, 2.75) is 52.0 Å². The van der Waals surface area contributed by atoms with Crippen molar-refractivity contribution in [1.82, 2.24) is 25.6 Å². The number of halogens is 1. The first-order chi connectivity index (χ1) is 17.1. The molecule has 1 amide bonds. The van der Waals surface area contributed by atoms with E-state index in [2.05, 4.69) is 62.2 Å². The van der Waals surface area contributed by atoms with Crippen LogP contribution in [0, 0.1) is 0 Å². The fourth-order valence-electron chi connectivity index (χ4n) is 4.24. The number of carbonyl (C=O) groups is 1. The van der Waals surface area contributed by atoms with Crippen LogP contribution in [-0.2, 0) is 17.4 Å². The molecule has 0 fully saturated rings. The van der Waals surface area contributed by atoms with E-state index in [0.29, 0.717) is 29.8 Å². The van der Waals surface area contributed by atoms with E-state index in [1.807, 2.05) is 13.0 Å². The summed E-state index contributed by atoms with van der Waals surface area (Å²) >= 11 is 0. The third-order valence-electron chi connectivity index (χ3n) is 6.37. The second-order valence-corrected chi connectivity index (χ2v) is 10.4. The Bertz CT molecular complexity index is 1260. The van der Waals surface area contributed by atoms with Gasteiger partial charge in [0.05, 0.1) is 5.69 Å². The normalized spacial score (nSPS) is 14.6. The van der Waals surface area contributed by atoms with Crippen LogP contribution in [0.1, 0.15) is 61.8 Å². The Labute approximate surface area is 211 Å². The van der Waals surface area contributed by atoms with Gasteiger partial charge >= 0.3 is 0 Å². The van der Waals surface area contributed by atoms with E-state index in [1.54, 1.807) is 32.0 Å². The molecule has 3 heterocycles. The van der Waals surface area contributed by atoms with E-state index >= 15 is 0 Å². The molecule has 2 aromatic heterocycles. The molecule has 4 rings (SSSR count). The first-order valence-corrected chi connectivity index (χ1v) is 12.2. The van der Waals surface area contributed by atoms with E-state index in [-0.39, 0.29) is 16.9 Å². The van der Waals surface area contributed by atoms with Crippen molar-refractivity contribution in [3.8, 4) is 0 Å². The number of aromatic nitrogens is 3. The van der Waals surface area contributed by atoms with Crippen molar-refractivity contribution >= 4 is 29.2 Å². The second-order valence-electron chi connectivity index (χ2n) is 10.4. The number of hydrogen-bond donors (Lipinski definition) is 4. The van der Waals surface area contributed by atoms with Gasteiger partial charge in [0.1, 0.15) is 23.9 Å². The maximum Gasteiger partial charge on any atom is 0.256 e. The summed E-state index contributed by atoms with van der Waals surface area (Å²) in [5, 5.41) is 12.7. The average molecular weight is 492 g/mol. The van der Waals surface area contributed by atoms with Gasteiger partial charge in [-0.3, -0.25) is 9.18 Å². The van der Waals surface area contributed by atoms with Gasteiger partial charge < -0.3 is 21.3 Å². The van der Waals surface area contributed by atoms with E-state index in [1.165, 1.54) is 17.3 Å². The maximum absolute atomic E-state index is 13.5. The summed E-state index contributed by atoms with van der Waals surface area (Å²) in [6.45, 7) is 11.5. The Morgan fingerprint density at radius 1 is 1.17 bits per heavy atom. The molecule has 0 bridgehead atoms. The highest BCUT2D eigenvalue weighted by Crippen LogP contribution is 2.32. The second kappa shape index (κ2) is 10.2. The lowest BCUT2D eigenvalue weighted by molar-refractivity contribution is 0.0956. The molecule has 8 nitrogen and oxygen atoms in total. The quantitative estimate of drug-likeness (QED) is 0.361. The van der Waals surface area contributed by atoms with Crippen LogP contribution in [-0.4, -0.2) is 40.6 Å². The largest absolute Gasteiger partial charge is 0.352 e. The van der Waals surface area contributed by atoms with E-state index in [4.69, 9.17) is 0 Å². The lowest BCUT2D eigenvalue weighted by Gasteiger charge is -2.33. The van der Waals surface area contributed by atoms with Crippen molar-refractivity contribution < 1.29 is 9.18 Å². The van der Waals surface area contributed by atoms with Gasteiger partial charge in [-0.15, -0.1) is 0 Å². The van der Waals surface area contributed by atoms with Crippen LogP contribution in [0.15, 0.2) is 42.6 Å². The first kappa shape index (κ1) is 25.5. The van der Waals surface area contributed by atoms with E-state index in [0.717, 1.165) is 18.8 Å². The van der Waals surface area contributed by atoms with Crippen LogP contribution in [0.3, 0.4) is 0 Å². The minimum Gasteiger partial charge on any atom is -0.352 e. The predicted molar refractivity (Wildman–Crippen MR) is 141 cm³/mol. The monoisotopic (exact) mass is 491 g/mol. The zero-order chi connectivity index (χ0) is 25.9. The number of rotatable bonds is 8. The number of hydrogen-bond acceptors (Lipinski definition) is 7. The SMILES string of the molecule is CCNC(=O)c1cnc(Nc2ccc3c(c2)CNCC3(C)C)nc1Nc1cccc(C(C)(C)CF)n1. The molecular formula is C27H34FN7O. The molecule has 0 spiro atoms. The number of fused-ring (bicyclic) bond motifs is 1. The molecule has 1 aliphatic rings. The van der Waals surface area contributed by atoms with Gasteiger partial charge in [-0.1, -0.05) is 39.8 Å². The molecule has 9 heteroatoms. The summed E-state index contributed by atoms with van der Waals surface area (Å²) in [4.78, 5) is 26.2. The highest BCUT2D eigenvalue weighted by atomic mass is 19.1. The van der Waals surface area contributed by atoms with Crippen LogP contribution in [0.4, 0.5) is 27.7 Å². The lowest BCUT2D eigenvalue weighted by atomic mass is 9.79. The molecule has 0 unspecified atom stereocenters. The highest BCUT2D eigenvalue weighted by molar-refractivity contribution is 5.99. The van der Waals surface area contributed by atoms with Crippen LogP contribution in [0.5, 0.6) is 0 Å². The van der Waals surface area contributed by atoms with Crippen molar-refractivity contribution in [2.24, 2.45) is 0 Å². The van der Waals surface area contributed by atoms with Gasteiger partial charge in [-0.2, -0.15) is 4.98 Å². The zero-order valence-corrected chi connectivity index (χ0v) is 21.5. The summed E-state index contributed by atoms with van der Waals surface area (Å²) in [6.07, 6.45) is 1.49. The summed E-state index contributed by atoms with van der Waals surface area (Å²) in [7, 11) is 0. The Morgan fingerprint density at radius 3 is 2.72 bits per heavy atom. The van der Waals surface area contributed by atoms with Crippen molar-refractivity contribution in [2.75, 3.05) is 30.4 Å². The Hall–Kier alpha value is -3.59. The topological polar surface area (TPSA) is 104 Å². The van der Waals surface area contributed by atoms with Crippen molar-refractivity contribution in [3.63, 3.8) is 0 Å². The lowest BCUT2D eigenvalue weighted by Crippen LogP contribution is -2.38. The third-order valence-corrected chi connectivity index (χ3v) is 6.37. The Morgan fingerprint density at radius 2 is 1.97 bits per heavy atom. The van der Waals surface area contributed by atoms with Crippen LogP contribution >= 0.6 is 0 Å². The van der Waals surface area contributed by atoms with Gasteiger partial charge in [0.15, 0.2) is 0 Å². The smallest absolute Gasteiger partial charge is 0.256 e. The molecule has 4 N–H and O–H groups in total. The summed E-state index contributed by atoms with van der Waals surface area (Å²) in [5.41, 5.74) is 3.63. The molecule has 3 aromatic rings. The molecule has 1 aliphatic heterocycles. The summed E-state index contributed by atoms with van der Waals surface area (Å²) < 4.78 is 13.5. The van der Waals surface area contributed by atoms with Gasteiger partial charge in [0.2, 0.25) is 5.95 Å². The van der Waals surface area contributed by atoms with Gasteiger partial charge in [-0.05, 0) is 42.3 Å². The molecule has 0 saturated carbocycles. The molecule has 0 radical (unpaired) electrons. The maximum atomic E-state index is 13.5. The number of pyridine rings is 1. The number of alkyl halides is 1. The predicted octanol–water partition coefficient (Wildman–Crippen LogP) is 4.74. The molecular weight excluding hydrogens is 457 g/mol. The van der Waals surface area contributed by atoms with Gasteiger partial charge in [0.25, 0.3) is 5.91 Å². The van der Waals surface area contributed by atoms with Crippen molar-refractivity contribution in [3.05, 3.63) is 65.0 Å². The first-order valence-electron chi connectivity index (χ1n) is 12.2. The van der Waals surface area contributed by atoms with Gasteiger partial charge in [-0.25, -0.2) is 9.97 Å². The van der Waals surface area contributed by atoms with E-state index < -0.39 is 12.1 Å². The zero-order valence-electron chi connectivity index (χ0n) is 21.5. The van der Waals surface area contributed by atoms with Gasteiger partial charge in [0, 0.05) is 42.3 Å².